The van der Waals surface area contributed by atoms with Gasteiger partial charge in [0.2, 0.25) is 0 Å². The Morgan fingerprint density at radius 3 is 2.20 bits per heavy atom. The van der Waals surface area contributed by atoms with Crippen LogP contribution in [-0.4, -0.2) is 23.0 Å². The molecule has 7 nitrogen and oxygen atoms in total. The van der Waals surface area contributed by atoms with E-state index in [0.717, 1.165) is 37.6 Å². The number of fused-ring (bicyclic) bond motifs is 2. The standard InChI is InChI=1S/C33H24N2O5/c1-20-10-11-21-6-3-5-9-26(21)29(20)19-40-30-17-12-22-7-2-4-8-25(22)27(30)18-28-31(37)34-33(39)35(32(28)38)23-13-15-24(36)16-14-23/h2-18,36H,19H2,1H3,(H,34,37,39)/b28-18+. The van der Waals surface area contributed by atoms with Crippen LogP contribution in [0.4, 0.5) is 10.5 Å². The number of aryl methyl sites for hydroxylation is 1. The number of rotatable bonds is 5. The van der Waals surface area contributed by atoms with Gasteiger partial charge in [-0.15, -0.1) is 0 Å². The van der Waals surface area contributed by atoms with E-state index in [4.69, 9.17) is 4.74 Å². The minimum atomic E-state index is -0.862. The quantitative estimate of drug-likeness (QED) is 0.208. The van der Waals surface area contributed by atoms with E-state index in [-0.39, 0.29) is 23.6 Å². The highest BCUT2D eigenvalue weighted by molar-refractivity contribution is 6.39. The lowest BCUT2D eigenvalue weighted by Gasteiger charge is -2.26. The van der Waals surface area contributed by atoms with Crippen LogP contribution in [0.5, 0.6) is 11.5 Å². The number of hydrogen-bond acceptors (Lipinski definition) is 5. The number of carbonyl (C=O) groups is 3. The molecule has 1 aliphatic heterocycles. The Bertz CT molecular complexity index is 1860. The fourth-order valence-electron chi connectivity index (χ4n) is 4.97. The Labute approximate surface area is 229 Å². The van der Waals surface area contributed by atoms with Gasteiger partial charge in [0, 0.05) is 11.1 Å². The van der Waals surface area contributed by atoms with E-state index >= 15 is 0 Å². The molecule has 0 aromatic heterocycles. The first-order chi connectivity index (χ1) is 19.4. The van der Waals surface area contributed by atoms with E-state index in [2.05, 4.69) is 29.6 Å². The van der Waals surface area contributed by atoms with Crippen LogP contribution in [-0.2, 0) is 16.2 Å². The second kappa shape index (κ2) is 10.0. The maximum Gasteiger partial charge on any atom is 0.335 e. The molecule has 7 heteroatoms. The number of nitrogens with zero attached hydrogens (tertiary/aromatic N) is 1. The van der Waals surface area contributed by atoms with Gasteiger partial charge in [-0.1, -0.05) is 66.7 Å². The number of carbonyl (C=O) groups excluding carboxylic acids is 3. The summed E-state index contributed by atoms with van der Waals surface area (Å²) in [5.41, 5.74) is 2.69. The number of urea groups is 1. The molecule has 1 saturated heterocycles. The van der Waals surface area contributed by atoms with Crippen LogP contribution in [0, 0.1) is 6.92 Å². The summed E-state index contributed by atoms with van der Waals surface area (Å²) in [6, 6.07) is 28.3. The molecule has 0 atom stereocenters. The zero-order chi connectivity index (χ0) is 27.8. The van der Waals surface area contributed by atoms with Crippen LogP contribution in [0.1, 0.15) is 16.7 Å². The first kappa shape index (κ1) is 24.9. The number of benzene rings is 5. The van der Waals surface area contributed by atoms with Crippen molar-refractivity contribution < 1.29 is 24.2 Å². The predicted molar refractivity (Wildman–Crippen MR) is 154 cm³/mol. The Morgan fingerprint density at radius 1 is 0.800 bits per heavy atom. The van der Waals surface area contributed by atoms with E-state index in [1.54, 1.807) is 0 Å². The summed E-state index contributed by atoms with van der Waals surface area (Å²) in [5.74, 6) is -1.09. The van der Waals surface area contributed by atoms with Crippen molar-refractivity contribution in [2.45, 2.75) is 13.5 Å². The molecule has 2 N–H and O–H groups in total. The average molecular weight is 529 g/mol. The van der Waals surface area contributed by atoms with Crippen molar-refractivity contribution in [3.05, 3.63) is 119 Å². The van der Waals surface area contributed by atoms with Crippen LogP contribution < -0.4 is 15.0 Å². The first-order valence-corrected chi connectivity index (χ1v) is 12.7. The molecule has 1 fully saturated rings. The molecule has 0 spiro atoms. The number of barbiturate groups is 1. The van der Waals surface area contributed by atoms with Crippen LogP contribution in [0.15, 0.2) is 103 Å². The Balaban J connectivity index is 1.44. The molecule has 1 aliphatic rings. The van der Waals surface area contributed by atoms with Crippen molar-refractivity contribution in [3.8, 4) is 11.5 Å². The van der Waals surface area contributed by atoms with Gasteiger partial charge >= 0.3 is 6.03 Å². The van der Waals surface area contributed by atoms with Crippen molar-refractivity contribution in [2.75, 3.05) is 4.90 Å². The topological polar surface area (TPSA) is 95.9 Å². The van der Waals surface area contributed by atoms with Gasteiger partial charge in [0.25, 0.3) is 11.8 Å². The second-order valence-corrected chi connectivity index (χ2v) is 9.54. The highest BCUT2D eigenvalue weighted by atomic mass is 16.5. The summed E-state index contributed by atoms with van der Waals surface area (Å²) in [6.07, 6.45) is 1.48. The number of phenols is 1. The zero-order valence-corrected chi connectivity index (χ0v) is 21.5. The first-order valence-electron chi connectivity index (χ1n) is 12.7. The van der Waals surface area contributed by atoms with Gasteiger partial charge in [-0.3, -0.25) is 14.9 Å². The van der Waals surface area contributed by atoms with Gasteiger partial charge < -0.3 is 9.84 Å². The summed E-state index contributed by atoms with van der Waals surface area (Å²) in [4.78, 5) is 40.0. The maximum absolute atomic E-state index is 13.5. The molecule has 0 bridgehead atoms. The van der Waals surface area contributed by atoms with E-state index in [0.29, 0.717) is 11.3 Å². The largest absolute Gasteiger partial charge is 0.508 e. The molecule has 6 rings (SSSR count). The predicted octanol–water partition coefficient (Wildman–Crippen LogP) is 6.25. The third kappa shape index (κ3) is 4.43. The molecule has 0 aliphatic carbocycles. The van der Waals surface area contributed by atoms with Crippen LogP contribution in [0.2, 0.25) is 0 Å². The normalized spacial score (nSPS) is 14.7. The molecule has 5 aromatic rings. The van der Waals surface area contributed by atoms with Gasteiger partial charge in [0.05, 0.1) is 5.69 Å². The fraction of sp³-hybridized carbons (Fsp3) is 0.0606. The van der Waals surface area contributed by atoms with Crippen LogP contribution in [0.25, 0.3) is 27.6 Å². The van der Waals surface area contributed by atoms with Gasteiger partial charge in [-0.05, 0) is 70.4 Å². The van der Waals surface area contributed by atoms with Crippen LogP contribution >= 0.6 is 0 Å². The lowest BCUT2D eigenvalue weighted by molar-refractivity contribution is -0.122. The number of nitrogens with one attached hydrogen (secondary N) is 1. The lowest BCUT2D eigenvalue weighted by atomic mass is 9.99. The minimum absolute atomic E-state index is 0.0144. The number of imide groups is 2. The van der Waals surface area contributed by atoms with Crippen molar-refractivity contribution in [3.63, 3.8) is 0 Å². The smallest absolute Gasteiger partial charge is 0.335 e. The summed E-state index contributed by atoms with van der Waals surface area (Å²) in [6.45, 7) is 2.31. The lowest BCUT2D eigenvalue weighted by Crippen LogP contribution is -2.54. The average Bonchev–Trinajstić information content (AvgIpc) is 2.96. The number of amides is 4. The number of aromatic hydroxyl groups is 1. The summed E-state index contributed by atoms with van der Waals surface area (Å²) < 4.78 is 6.38. The molecule has 0 unspecified atom stereocenters. The highest BCUT2D eigenvalue weighted by Crippen LogP contribution is 2.33. The van der Waals surface area contributed by atoms with Crippen molar-refractivity contribution in [2.24, 2.45) is 0 Å². The number of anilines is 1. The summed E-state index contributed by atoms with van der Waals surface area (Å²) in [5, 5.41) is 15.8. The Kier molecular flexibility index (Phi) is 6.24. The van der Waals surface area contributed by atoms with Gasteiger partial charge in [0.15, 0.2) is 0 Å². The molecular weight excluding hydrogens is 504 g/mol. The molecule has 0 saturated carbocycles. The number of ether oxygens (including phenoxy) is 1. The fourth-order valence-corrected chi connectivity index (χ4v) is 4.97. The van der Waals surface area contributed by atoms with Crippen molar-refractivity contribution >= 4 is 51.2 Å². The van der Waals surface area contributed by atoms with E-state index in [1.165, 1.54) is 30.3 Å². The molecule has 4 amide bonds. The maximum atomic E-state index is 13.5. The highest BCUT2D eigenvalue weighted by Gasteiger charge is 2.37. The Hall–Kier alpha value is -5.43. The molecular formula is C33H24N2O5. The van der Waals surface area contributed by atoms with Crippen molar-refractivity contribution in [1.82, 2.24) is 5.32 Å². The van der Waals surface area contributed by atoms with Crippen molar-refractivity contribution in [1.29, 1.82) is 0 Å². The second-order valence-electron chi connectivity index (χ2n) is 9.54. The minimum Gasteiger partial charge on any atom is -0.508 e. The summed E-state index contributed by atoms with van der Waals surface area (Å²) >= 11 is 0. The number of hydrogen-bond donors (Lipinski definition) is 2. The number of phenolic OH excluding ortho intramolecular Hbond substituents is 1. The van der Waals surface area contributed by atoms with Crippen LogP contribution in [0.3, 0.4) is 0 Å². The van der Waals surface area contributed by atoms with E-state index < -0.39 is 17.8 Å². The monoisotopic (exact) mass is 528 g/mol. The molecule has 5 aromatic carbocycles. The van der Waals surface area contributed by atoms with Gasteiger partial charge in [-0.25, -0.2) is 9.69 Å². The van der Waals surface area contributed by atoms with E-state index in [1.807, 2.05) is 55.5 Å². The van der Waals surface area contributed by atoms with Gasteiger partial charge in [0.1, 0.15) is 23.7 Å². The van der Waals surface area contributed by atoms with E-state index in [9.17, 15) is 19.5 Å². The molecule has 1 heterocycles. The Morgan fingerprint density at radius 2 is 1.45 bits per heavy atom. The van der Waals surface area contributed by atoms with Gasteiger partial charge in [-0.2, -0.15) is 0 Å². The molecule has 40 heavy (non-hydrogen) atoms. The third-order valence-corrected chi connectivity index (χ3v) is 7.08. The summed E-state index contributed by atoms with van der Waals surface area (Å²) in [7, 11) is 0. The third-order valence-electron chi connectivity index (χ3n) is 7.08. The SMILES string of the molecule is Cc1ccc2ccccc2c1COc1ccc2ccccc2c1/C=C1\C(=O)NC(=O)N(c2ccc(O)cc2)C1=O. The molecule has 196 valence electrons. The molecule has 0 radical (unpaired) electrons. The zero-order valence-electron chi connectivity index (χ0n) is 21.5.